The van der Waals surface area contributed by atoms with Gasteiger partial charge in [0.1, 0.15) is 4.90 Å². The molecule has 8 heteroatoms. The van der Waals surface area contributed by atoms with Crippen molar-refractivity contribution in [2.24, 2.45) is 0 Å². The van der Waals surface area contributed by atoms with Crippen molar-refractivity contribution in [2.45, 2.75) is 17.9 Å². The molecule has 130 valence electrons. The summed E-state index contributed by atoms with van der Waals surface area (Å²) in [6, 6.07) is 11.6. The lowest BCUT2D eigenvalue weighted by Gasteiger charge is -2.16. The molecule has 0 spiro atoms. The van der Waals surface area contributed by atoms with Gasteiger partial charge in [-0.1, -0.05) is 41.4 Å². The van der Waals surface area contributed by atoms with Crippen LogP contribution in [0, 0.1) is 0 Å². The van der Waals surface area contributed by atoms with E-state index < -0.39 is 16.1 Å². The second kappa shape index (κ2) is 7.17. The number of benzene rings is 2. The third kappa shape index (κ3) is 3.88. The number of hydrogen-bond acceptors (Lipinski definition) is 3. The summed E-state index contributed by atoms with van der Waals surface area (Å²) in [5.74, 6) is 0. The summed E-state index contributed by atoms with van der Waals surface area (Å²) in [5.41, 5.74) is 1.76. The van der Waals surface area contributed by atoms with Crippen LogP contribution in [0.4, 0.5) is 0 Å². The summed E-state index contributed by atoms with van der Waals surface area (Å²) in [7, 11) is -3.80. The topological polar surface area (TPSA) is 64.0 Å². The fraction of sp³-hybridized carbons (Fsp3) is 0.118. The molecule has 0 saturated carbocycles. The van der Waals surface area contributed by atoms with E-state index in [4.69, 9.17) is 23.2 Å². The molecule has 0 saturated heterocycles. The van der Waals surface area contributed by atoms with Crippen molar-refractivity contribution in [2.75, 3.05) is 0 Å². The standard InChI is InChI=1S/C17H15Cl2N3O2S/c1-12(13-5-7-14(8-6-13)22-10-9-20-11-22)21-25(23,24)16-4-2-3-15(18)17(16)19/h2-12,21H,1H3/t12-/m1/s1. The van der Waals surface area contributed by atoms with Crippen molar-refractivity contribution in [3.8, 4) is 5.69 Å². The first kappa shape index (κ1) is 17.9. The summed E-state index contributed by atoms with van der Waals surface area (Å²) in [5, 5.41) is 0.209. The van der Waals surface area contributed by atoms with Gasteiger partial charge in [-0.2, -0.15) is 0 Å². The normalized spacial score (nSPS) is 12.9. The molecule has 1 atom stereocenters. The molecule has 0 fully saturated rings. The van der Waals surface area contributed by atoms with Crippen molar-refractivity contribution in [3.63, 3.8) is 0 Å². The number of aromatic nitrogens is 2. The second-order valence-corrected chi connectivity index (χ2v) is 7.92. The number of nitrogens with one attached hydrogen (secondary N) is 1. The molecule has 0 bridgehead atoms. The molecular weight excluding hydrogens is 381 g/mol. The number of halogens is 2. The summed E-state index contributed by atoms with van der Waals surface area (Å²) in [6.45, 7) is 1.77. The van der Waals surface area contributed by atoms with Gasteiger partial charge in [-0.3, -0.25) is 0 Å². The van der Waals surface area contributed by atoms with Gasteiger partial charge < -0.3 is 4.57 Å². The number of nitrogens with zero attached hydrogens (tertiary/aromatic N) is 2. The maximum absolute atomic E-state index is 12.6. The van der Waals surface area contributed by atoms with Crippen LogP contribution in [0.3, 0.4) is 0 Å². The minimum absolute atomic E-state index is 0.0133. The maximum atomic E-state index is 12.6. The third-order valence-electron chi connectivity index (χ3n) is 3.73. The van der Waals surface area contributed by atoms with Crippen LogP contribution in [0.1, 0.15) is 18.5 Å². The number of hydrogen-bond donors (Lipinski definition) is 1. The average Bonchev–Trinajstić information content (AvgIpc) is 3.11. The molecule has 2 aromatic carbocycles. The molecule has 0 unspecified atom stereocenters. The van der Waals surface area contributed by atoms with E-state index in [9.17, 15) is 8.42 Å². The molecule has 0 aliphatic carbocycles. The Hall–Kier alpha value is -1.86. The van der Waals surface area contributed by atoms with E-state index in [-0.39, 0.29) is 14.9 Å². The Kier molecular flexibility index (Phi) is 5.15. The summed E-state index contributed by atoms with van der Waals surface area (Å²) in [6.07, 6.45) is 5.23. The molecule has 0 aliphatic rings. The minimum atomic E-state index is -3.80. The SMILES string of the molecule is C[C@@H](NS(=O)(=O)c1cccc(Cl)c1Cl)c1ccc(-n2ccnc2)cc1. The molecule has 1 aromatic heterocycles. The van der Waals surface area contributed by atoms with Crippen molar-refractivity contribution >= 4 is 33.2 Å². The van der Waals surface area contributed by atoms with Gasteiger partial charge >= 0.3 is 0 Å². The zero-order valence-corrected chi connectivity index (χ0v) is 15.6. The van der Waals surface area contributed by atoms with Crippen LogP contribution in [-0.2, 0) is 10.0 Å². The van der Waals surface area contributed by atoms with E-state index in [1.165, 1.54) is 6.07 Å². The van der Waals surface area contributed by atoms with Crippen LogP contribution >= 0.6 is 23.2 Å². The van der Waals surface area contributed by atoms with E-state index in [0.29, 0.717) is 0 Å². The van der Waals surface area contributed by atoms with Crippen LogP contribution in [0.15, 0.2) is 66.1 Å². The molecule has 1 heterocycles. The zero-order valence-electron chi connectivity index (χ0n) is 13.2. The fourth-order valence-electron chi connectivity index (χ4n) is 2.40. The lowest BCUT2D eigenvalue weighted by Crippen LogP contribution is -2.27. The molecule has 0 radical (unpaired) electrons. The number of sulfonamides is 1. The van der Waals surface area contributed by atoms with Crippen LogP contribution in [0.5, 0.6) is 0 Å². The first-order valence-corrected chi connectivity index (χ1v) is 9.67. The Balaban J connectivity index is 1.81. The molecule has 1 N–H and O–H groups in total. The van der Waals surface area contributed by atoms with E-state index in [0.717, 1.165) is 11.3 Å². The lowest BCUT2D eigenvalue weighted by molar-refractivity contribution is 0.567. The smallest absolute Gasteiger partial charge is 0.242 e. The minimum Gasteiger partial charge on any atom is -0.306 e. The molecule has 25 heavy (non-hydrogen) atoms. The lowest BCUT2D eigenvalue weighted by atomic mass is 10.1. The van der Waals surface area contributed by atoms with Gasteiger partial charge in [0.15, 0.2) is 0 Å². The highest BCUT2D eigenvalue weighted by Gasteiger charge is 2.22. The maximum Gasteiger partial charge on any atom is 0.242 e. The van der Waals surface area contributed by atoms with E-state index in [1.54, 1.807) is 31.6 Å². The Morgan fingerprint density at radius 1 is 1.12 bits per heavy atom. The number of imidazole rings is 1. The fourth-order valence-corrected chi connectivity index (χ4v) is 4.40. The van der Waals surface area contributed by atoms with Crippen LogP contribution in [0.2, 0.25) is 10.0 Å². The van der Waals surface area contributed by atoms with Crippen molar-refractivity contribution < 1.29 is 8.42 Å². The molecule has 5 nitrogen and oxygen atoms in total. The Morgan fingerprint density at radius 2 is 1.84 bits per heavy atom. The van der Waals surface area contributed by atoms with Gasteiger partial charge in [0.25, 0.3) is 0 Å². The summed E-state index contributed by atoms with van der Waals surface area (Å²) < 4.78 is 29.6. The van der Waals surface area contributed by atoms with Crippen molar-refractivity contribution in [1.82, 2.24) is 14.3 Å². The second-order valence-electron chi connectivity index (χ2n) is 5.46. The first-order chi connectivity index (χ1) is 11.9. The third-order valence-corrected chi connectivity index (χ3v) is 6.25. The molecular formula is C17H15Cl2N3O2S. The largest absolute Gasteiger partial charge is 0.306 e. The first-order valence-electron chi connectivity index (χ1n) is 7.43. The van der Waals surface area contributed by atoms with Gasteiger partial charge in [-0.15, -0.1) is 0 Å². The zero-order chi connectivity index (χ0) is 18.0. The van der Waals surface area contributed by atoms with Crippen LogP contribution < -0.4 is 4.72 Å². The van der Waals surface area contributed by atoms with Gasteiger partial charge in [-0.05, 0) is 36.8 Å². The Bertz CT molecular complexity index is 972. The number of rotatable bonds is 5. The Labute approximate surface area is 156 Å². The predicted molar refractivity (Wildman–Crippen MR) is 98.8 cm³/mol. The molecule has 0 amide bonds. The van der Waals surface area contributed by atoms with E-state index >= 15 is 0 Å². The van der Waals surface area contributed by atoms with E-state index in [2.05, 4.69) is 9.71 Å². The van der Waals surface area contributed by atoms with Gasteiger partial charge in [0, 0.05) is 24.1 Å². The highest BCUT2D eigenvalue weighted by atomic mass is 35.5. The van der Waals surface area contributed by atoms with Crippen molar-refractivity contribution in [1.29, 1.82) is 0 Å². The monoisotopic (exact) mass is 395 g/mol. The highest BCUT2D eigenvalue weighted by molar-refractivity contribution is 7.89. The van der Waals surface area contributed by atoms with E-state index in [1.807, 2.05) is 35.0 Å². The molecule has 3 rings (SSSR count). The Morgan fingerprint density at radius 3 is 2.48 bits per heavy atom. The summed E-state index contributed by atoms with van der Waals surface area (Å²) >= 11 is 11.9. The predicted octanol–water partition coefficient (Wildman–Crippen LogP) is 4.22. The summed E-state index contributed by atoms with van der Waals surface area (Å²) in [4.78, 5) is 3.96. The van der Waals surface area contributed by atoms with Gasteiger partial charge in [0.2, 0.25) is 10.0 Å². The molecule has 0 aliphatic heterocycles. The highest BCUT2D eigenvalue weighted by Crippen LogP contribution is 2.29. The van der Waals surface area contributed by atoms with Crippen molar-refractivity contribution in [3.05, 3.63) is 76.8 Å². The van der Waals surface area contributed by atoms with Crippen LogP contribution in [0.25, 0.3) is 5.69 Å². The van der Waals surface area contributed by atoms with Gasteiger partial charge in [-0.25, -0.2) is 18.1 Å². The van der Waals surface area contributed by atoms with Crippen LogP contribution in [-0.4, -0.2) is 18.0 Å². The quantitative estimate of drug-likeness (QED) is 0.703. The molecule has 3 aromatic rings. The van der Waals surface area contributed by atoms with Gasteiger partial charge in [0.05, 0.1) is 16.4 Å². The average molecular weight is 396 g/mol.